The quantitative estimate of drug-likeness (QED) is 0.730. The van der Waals surface area contributed by atoms with Crippen LogP contribution in [-0.4, -0.2) is 16.7 Å². The van der Waals surface area contributed by atoms with Crippen molar-refractivity contribution in [2.24, 2.45) is 5.92 Å². The summed E-state index contributed by atoms with van der Waals surface area (Å²) in [5, 5.41) is 11.1. The lowest BCUT2D eigenvalue weighted by Crippen LogP contribution is -2.05. The number of anilines is 1. The predicted molar refractivity (Wildman–Crippen MR) is 59.3 cm³/mol. The first kappa shape index (κ1) is 11.0. The molecule has 1 heterocycles. The fourth-order valence-corrected chi connectivity index (χ4v) is 1.28. The van der Waals surface area contributed by atoms with Crippen molar-refractivity contribution in [2.75, 3.05) is 11.9 Å². The van der Waals surface area contributed by atoms with E-state index in [0.717, 1.165) is 23.8 Å². The summed E-state index contributed by atoms with van der Waals surface area (Å²) in [5.74, 6) is 1.66. The summed E-state index contributed by atoms with van der Waals surface area (Å²) in [6.07, 6.45) is 4.21. The molecule has 78 valence electrons. The van der Waals surface area contributed by atoms with Gasteiger partial charge in [0.2, 0.25) is 0 Å². The topological polar surface area (TPSA) is 37.8 Å². The number of rotatable bonds is 5. The normalized spacial score (nSPS) is 10.6. The molecule has 3 nitrogen and oxygen atoms in total. The predicted octanol–water partition coefficient (Wildman–Crippen LogP) is 2.63. The third-order valence-electron chi connectivity index (χ3n) is 2.06. The summed E-state index contributed by atoms with van der Waals surface area (Å²) in [6.45, 7) is 7.49. The molecule has 0 aliphatic heterocycles. The molecule has 0 radical (unpaired) electrons. The van der Waals surface area contributed by atoms with Crippen LogP contribution in [-0.2, 0) is 0 Å². The monoisotopic (exact) mass is 193 g/mol. The van der Waals surface area contributed by atoms with Gasteiger partial charge in [0.25, 0.3) is 0 Å². The van der Waals surface area contributed by atoms with Gasteiger partial charge in [0.05, 0.1) is 6.20 Å². The van der Waals surface area contributed by atoms with Gasteiger partial charge in [-0.2, -0.15) is 5.10 Å². The first-order valence-electron chi connectivity index (χ1n) is 5.21. The Morgan fingerprint density at radius 2 is 2.21 bits per heavy atom. The molecule has 1 rings (SSSR count). The number of hydrogen-bond acceptors (Lipinski definition) is 3. The fraction of sp³-hybridized carbons (Fsp3) is 0.636. The maximum Gasteiger partial charge on any atom is 0.148 e. The van der Waals surface area contributed by atoms with E-state index in [0.29, 0.717) is 0 Å². The summed E-state index contributed by atoms with van der Waals surface area (Å²) in [4.78, 5) is 0. The molecule has 0 aliphatic rings. The van der Waals surface area contributed by atoms with Crippen LogP contribution in [0.2, 0.25) is 0 Å². The number of aryl methyl sites for hydroxylation is 1. The molecule has 0 saturated heterocycles. The number of nitrogens with one attached hydrogen (secondary N) is 1. The first-order valence-corrected chi connectivity index (χ1v) is 5.21. The van der Waals surface area contributed by atoms with Crippen molar-refractivity contribution in [3.8, 4) is 0 Å². The maximum atomic E-state index is 4.00. The molecule has 0 aromatic carbocycles. The van der Waals surface area contributed by atoms with E-state index >= 15 is 0 Å². The van der Waals surface area contributed by atoms with Crippen LogP contribution in [0.3, 0.4) is 0 Å². The summed E-state index contributed by atoms with van der Waals surface area (Å²) >= 11 is 0. The molecule has 0 fully saturated rings. The first-order chi connectivity index (χ1) is 6.68. The van der Waals surface area contributed by atoms with Gasteiger partial charge in [-0.25, -0.2) is 0 Å². The van der Waals surface area contributed by atoms with E-state index in [2.05, 4.69) is 29.4 Å². The van der Waals surface area contributed by atoms with Gasteiger partial charge >= 0.3 is 0 Å². The van der Waals surface area contributed by atoms with Crippen molar-refractivity contribution < 1.29 is 0 Å². The van der Waals surface area contributed by atoms with Crippen molar-refractivity contribution in [2.45, 2.75) is 33.6 Å². The maximum absolute atomic E-state index is 4.00. The smallest absolute Gasteiger partial charge is 0.148 e. The van der Waals surface area contributed by atoms with Gasteiger partial charge in [-0.15, -0.1) is 5.10 Å². The molecule has 0 aliphatic carbocycles. The van der Waals surface area contributed by atoms with Crippen LogP contribution in [0.5, 0.6) is 0 Å². The van der Waals surface area contributed by atoms with Crippen LogP contribution in [0.1, 0.15) is 32.3 Å². The highest BCUT2D eigenvalue weighted by atomic mass is 15.2. The van der Waals surface area contributed by atoms with Gasteiger partial charge in [0, 0.05) is 6.54 Å². The third-order valence-corrected chi connectivity index (χ3v) is 2.06. The van der Waals surface area contributed by atoms with Gasteiger partial charge in [-0.1, -0.05) is 13.8 Å². The highest BCUT2D eigenvalue weighted by Gasteiger charge is 1.96. The minimum Gasteiger partial charge on any atom is -0.369 e. The van der Waals surface area contributed by atoms with Crippen LogP contribution in [0.25, 0.3) is 0 Å². The van der Waals surface area contributed by atoms with E-state index in [4.69, 9.17) is 0 Å². The van der Waals surface area contributed by atoms with Gasteiger partial charge < -0.3 is 5.32 Å². The van der Waals surface area contributed by atoms with Gasteiger partial charge in [-0.3, -0.25) is 0 Å². The Kier molecular flexibility index (Phi) is 4.36. The van der Waals surface area contributed by atoms with Gasteiger partial charge in [0.15, 0.2) is 0 Å². The number of hydrogen-bond donors (Lipinski definition) is 1. The largest absolute Gasteiger partial charge is 0.369 e. The average Bonchev–Trinajstić information content (AvgIpc) is 2.12. The van der Waals surface area contributed by atoms with Crippen LogP contribution in [0.4, 0.5) is 5.82 Å². The lowest BCUT2D eigenvalue weighted by atomic mass is 10.1. The molecular formula is C11H19N3. The van der Waals surface area contributed by atoms with Crippen molar-refractivity contribution in [1.82, 2.24) is 10.2 Å². The van der Waals surface area contributed by atoms with E-state index in [1.165, 1.54) is 12.8 Å². The Balaban J connectivity index is 2.25. The lowest BCUT2D eigenvalue weighted by Gasteiger charge is -2.06. The SMILES string of the molecule is Cc1cnnc(NCCCC(C)C)c1. The highest BCUT2D eigenvalue weighted by Crippen LogP contribution is 2.06. The molecule has 3 heteroatoms. The molecule has 1 N–H and O–H groups in total. The van der Waals surface area contributed by atoms with Crippen LogP contribution in [0.15, 0.2) is 12.3 Å². The summed E-state index contributed by atoms with van der Waals surface area (Å²) in [7, 11) is 0. The molecule has 1 aromatic heterocycles. The van der Waals surface area contributed by atoms with Crippen molar-refractivity contribution in [1.29, 1.82) is 0 Å². The summed E-state index contributed by atoms with van der Waals surface area (Å²) in [5.41, 5.74) is 1.14. The van der Waals surface area contributed by atoms with E-state index < -0.39 is 0 Å². The Bertz CT molecular complexity index is 271. The van der Waals surface area contributed by atoms with Crippen molar-refractivity contribution in [3.63, 3.8) is 0 Å². The summed E-state index contributed by atoms with van der Waals surface area (Å²) in [6, 6.07) is 2.02. The van der Waals surface area contributed by atoms with Crippen molar-refractivity contribution in [3.05, 3.63) is 17.8 Å². The molecule has 0 amide bonds. The zero-order chi connectivity index (χ0) is 10.4. The zero-order valence-electron chi connectivity index (χ0n) is 9.25. The van der Waals surface area contributed by atoms with Gasteiger partial charge in [-0.05, 0) is 37.3 Å². The van der Waals surface area contributed by atoms with E-state index in [9.17, 15) is 0 Å². The van der Waals surface area contributed by atoms with E-state index in [-0.39, 0.29) is 0 Å². The molecule has 0 unspecified atom stereocenters. The molecular weight excluding hydrogens is 174 g/mol. The fourth-order valence-electron chi connectivity index (χ4n) is 1.28. The average molecular weight is 193 g/mol. The standard InChI is InChI=1S/C11H19N3/c1-9(2)5-4-6-12-11-7-10(3)8-13-14-11/h7-9H,4-6H2,1-3H3,(H,12,14). The molecule has 0 bridgehead atoms. The molecule has 0 spiro atoms. The second-order valence-corrected chi connectivity index (χ2v) is 4.08. The molecule has 14 heavy (non-hydrogen) atoms. The Labute approximate surface area is 85.9 Å². The van der Waals surface area contributed by atoms with Crippen LogP contribution < -0.4 is 5.32 Å². The van der Waals surface area contributed by atoms with Crippen LogP contribution >= 0.6 is 0 Å². The Hall–Kier alpha value is -1.12. The Morgan fingerprint density at radius 3 is 2.86 bits per heavy atom. The zero-order valence-corrected chi connectivity index (χ0v) is 9.25. The van der Waals surface area contributed by atoms with Gasteiger partial charge in [0.1, 0.15) is 5.82 Å². The number of aromatic nitrogens is 2. The summed E-state index contributed by atoms with van der Waals surface area (Å²) < 4.78 is 0. The lowest BCUT2D eigenvalue weighted by molar-refractivity contribution is 0.566. The molecule has 0 saturated carbocycles. The second kappa shape index (κ2) is 5.58. The molecule has 0 atom stereocenters. The number of nitrogens with zero attached hydrogens (tertiary/aromatic N) is 2. The van der Waals surface area contributed by atoms with Crippen LogP contribution in [0, 0.1) is 12.8 Å². The van der Waals surface area contributed by atoms with E-state index in [1.54, 1.807) is 6.20 Å². The second-order valence-electron chi connectivity index (χ2n) is 4.08. The van der Waals surface area contributed by atoms with E-state index in [1.807, 2.05) is 13.0 Å². The highest BCUT2D eigenvalue weighted by molar-refractivity contribution is 5.34. The molecule has 1 aromatic rings. The van der Waals surface area contributed by atoms with Crippen molar-refractivity contribution >= 4 is 5.82 Å². The third kappa shape index (κ3) is 4.21. The Morgan fingerprint density at radius 1 is 1.43 bits per heavy atom. The minimum atomic E-state index is 0.778. The minimum absolute atomic E-state index is 0.778.